The van der Waals surface area contributed by atoms with E-state index in [4.69, 9.17) is 4.74 Å². The van der Waals surface area contributed by atoms with Gasteiger partial charge in [0.05, 0.1) is 12.2 Å². The van der Waals surface area contributed by atoms with Crippen LogP contribution in [-0.4, -0.2) is 83.0 Å². The molecule has 9 nitrogen and oxygen atoms in total. The second-order valence-electron chi connectivity index (χ2n) is 9.97. The van der Waals surface area contributed by atoms with Crippen molar-refractivity contribution in [2.24, 2.45) is 12.0 Å². The fraction of sp³-hybridized carbons (Fsp3) is 0.773. The number of hydrogen-bond acceptors (Lipinski definition) is 5. The molecule has 2 bridgehead atoms. The minimum Gasteiger partial charge on any atom is -0.444 e. The summed E-state index contributed by atoms with van der Waals surface area (Å²) in [5.41, 5.74) is 0.702. The zero-order valence-electron chi connectivity index (χ0n) is 20.5. The fourth-order valence-corrected chi connectivity index (χ4v) is 4.70. The number of aromatic nitrogens is 2. The molecule has 2 fully saturated rings. The molecule has 2 aliphatic heterocycles. The molecule has 3 unspecified atom stereocenters. The van der Waals surface area contributed by atoms with Crippen LogP contribution in [0.1, 0.15) is 58.1 Å². The Balaban J connectivity index is 0.00000363. The van der Waals surface area contributed by atoms with E-state index in [0.29, 0.717) is 6.04 Å². The summed E-state index contributed by atoms with van der Waals surface area (Å²) in [4.78, 5) is 21.3. The number of amides is 1. The van der Waals surface area contributed by atoms with Gasteiger partial charge in [-0.2, -0.15) is 5.10 Å². The molecule has 32 heavy (non-hydrogen) atoms. The molecule has 10 heteroatoms. The van der Waals surface area contributed by atoms with Gasteiger partial charge >= 0.3 is 6.09 Å². The monoisotopic (exact) mass is 561 g/mol. The highest BCUT2D eigenvalue weighted by Crippen LogP contribution is 2.36. The maximum Gasteiger partial charge on any atom is 0.410 e. The number of nitrogens with one attached hydrogen (secondary N) is 2. The van der Waals surface area contributed by atoms with E-state index in [2.05, 4.69) is 39.7 Å². The van der Waals surface area contributed by atoms with Gasteiger partial charge in [-0.25, -0.2) is 4.79 Å². The van der Waals surface area contributed by atoms with Crippen molar-refractivity contribution in [3.8, 4) is 0 Å². The highest BCUT2D eigenvalue weighted by atomic mass is 127. The summed E-state index contributed by atoms with van der Waals surface area (Å²) >= 11 is 0. The largest absolute Gasteiger partial charge is 0.444 e. The van der Waals surface area contributed by atoms with Crippen LogP contribution in [0.25, 0.3) is 0 Å². The van der Waals surface area contributed by atoms with Crippen molar-refractivity contribution in [3.05, 3.63) is 18.0 Å². The Morgan fingerprint density at radius 3 is 2.41 bits per heavy atom. The molecular formula is C22H40IN7O2. The third-order valence-electron chi connectivity index (χ3n) is 6.10. The Morgan fingerprint density at radius 2 is 1.94 bits per heavy atom. The molecule has 3 atom stereocenters. The van der Waals surface area contributed by atoms with Gasteiger partial charge < -0.3 is 25.2 Å². The molecule has 2 N–H and O–H groups in total. The number of hydrogen-bond donors (Lipinski definition) is 2. The number of halogens is 1. The van der Waals surface area contributed by atoms with E-state index < -0.39 is 5.60 Å². The van der Waals surface area contributed by atoms with Gasteiger partial charge in [0, 0.05) is 50.5 Å². The molecule has 2 aliphatic rings. The number of likely N-dealkylation sites (N-methyl/N-ethyl adjacent to an activating group) is 1. The quantitative estimate of drug-likeness (QED) is 0.327. The van der Waals surface area contributed by atoms with Crippen molar-refractivity contribution in [1.29, 1.82) is 0 Å². The van der Waals surface area contributed by atoms with Gasteiger partial charge in [-0.3, -0.25) is 9.67 Å². The van der Waals surface area contributed by atoms with Gasteiger partial charge in [-0.05, 0) is 60.5 Å². The van der Waals surface area contributed by atoms with Crippen molar-refractivity contribution in [1.82, 2.24) is 30.2 Å². The topological polar surface area (TPSA) is 87.0 Å². The normalized spacial score (nSPS) is 24.2. The molecule has 3 heterocycles. The van der Waals surface area contributed by atoms with Gasteiger partial charge in [-0.1, -0.05) is 0 Å². The van der Waals surface area contributed by atoms with Crippen molar-refractivity contribution < 1.29 is 9.53 Å². The summed E-state index contributed by atoms with van der Waals surface area (Å²) in [6, 6.07) is 0.944. The summed E-state index contributed by atoms with van der Waals surface area (Å²) in [5.74, 6) is 0.797. The van der Waals surface area contributed by atoms with Crippen molar-refractivity contribution in [2.75, 3.05) is 27.7 Å². The number of piperidine rings is 1. The Hall–Kier alpha value is -1.56. The SMILES string of the molecule is CN=C(NCC(c1cnn(C)c1)N(C)C)NC1CC2CCC(C1)N2C(=O)OC(C)(C)C.I. The van der Waals surface area contributed by atoms with Crippen LogP contribution in [0.4, 0.5) is 4.79 Å². The maximum absolute atomic E-state index is 12.7. The number of rotatable bonds is 5. The van der Waals surface area contributed by atoms with Crippen LogP contribution in [0.3, 0.4) is 0 Å². The summed E-state index contributed by atoms with van der Waals surface area (Å²) in [5, 5.41) is 11.4. The van der Waals surface area contributed by atoms with E-state index in [1.54, 1.807) is 7.05 Å². The van der Waals surface area contributed by atoms with E-state index in [9.17, 15) is 4.79 Å². The van der Waals surface area contributed by atoms with Crippen LogP contribution in [-0.2, 0) is 11.8 Å². The third kappa shape index (κ3) is 6.72. The molecule has 0 spiro atoms. The number of aryl methyl sites for hydroxylation is 1. The fourth-order valence-electron chi connectivity index (χ4n) is 4.70. The first-order chi connectivity index (χ1) is 14.6. The molecular weight excluding hydrogens is 521 g/mol. The Kier molecular flexibility index (Phi) is 9.21. The Labute approximate surface area is 209 Å². The van der Waals surface area contributed by atoms with Crippen LogP contribution in [0, 0.1) is 0 Å². The van der Waals surface area contributed by atoms with Crippen LogP contribution in [0.5, 0.6) is 0 Å². The van der Waals surface area contributed by atoms with E-state index in [0.717, 1.165) is 38.2 Å². The third-order valence-corrected chi connectivity index (χ3v) is 6.10. The number of fused-ring (bicyclic) bond motifs is 2. The molecule has 0 aliphatic carbocycles. The van der Waals surface area contributed by atoms with E-state index in [1.807, 2.05) is 49.8 Å². The van der Waals surface area contributed by atoms with E-state index in [1.165, 1.54) is 5.56 Å². The lowest BCUT2D eigenvalue weighted by Crippen LogP contribution is -2.55. The predicted molar refractivity (Wildman–Crippen MR) is 137 cm³/mol. The van der Waals surface area contributed by atoms with Crippen LogP contribution < -0.4 is 10.6 Å². The second kappa shape index (κ2) is 11.0. The first kappa shape index (κ1) is 26.7. The zero-order chi connectivity index (χ0) is 22.8. The van der Waals surface area contributed by atoms with Crippen LogP contribution in [0.2, 0.25) is 0 Å². The average molecular weight is 562 g/mol. The van der Waals surface area contributed by atoms with Gasteiger partial charge in [-0.15, -0.1) is 24.0 Å². The highest BCUT2D eigenvalue weighted by molar-refractivity contribution is 14.0. The second-order valence-corrected chi connectivity index (χ2v) is 9.97. The highest BCUT2D eigenvalue weighted by Gasteiger charge is 2.45. The molecule has 1 amide bonds. The molecule has 0 radical (unpaired) electrons. The van der Waals surface area contributed by atoms with Gasteiger partial charge in [0.1, 0.15) is 5.60 Å². The zero-order valence-corrected chi connectivity index (χ0v) is 22.8. The molecule has 1 aromatic heterocycles. The lowest BCUT2D eigenvalue weighted by molar-refractivity contribution is 0.00545. The van der Waals surface area contributed by atoms with Gasteiger partial charge in [0.25, 0.3) is 0 Å². The number of aliphatic imine (C=N–C) groups is 1. The minimum absolute atomic E-state index is 0. The van der Waals surface area contributed by atoms with Crippen LogP contribution in [0.15, 0.2) is 17.4 Å². The van der Waals surface area contributed by atoms with Crippen molar-refractivity contribution in [2.45, 2.75) is 76.2 Å². The summed E-state index contributed by atoms with van der Waals surface area (Å²) in [7, 11) is 7.87. The maximum atomic E-state index is 12.7. The number of nitrogens with zero attached hydrogens (tertiary/aromatic N) is 5. The Bertz CT molecular complexity index is 775. The van der Waals surface area contributed by atoms with E-state index in [-0.39, 0.29) is 48.2 Å². The number of carbonyl (C=O) groups is 1. The van der Waals surface area contributed by atoms with E-state index >= 15 is 0 Å². The molecule has 2 saturated heterocycles. The first-order valence-corrected chi connectivity index (χ1v) is 11.2. The summed E-state index contributed by atoms with van der Waals surface area (Å²) < 4.78 is 7.47. The molecule has 0 saturated carbocycles. The molecule has 3 rings (SSSR count). The van der Waals surface area contributed by atoms with Crippen molar-refractivity contribution >= 4 is 36.0 Å². The number of ether oxygens (including phenoxy) is 1. The van der Waals surface area contributed by atoms with Crippen molar-refractivity contribution in [3.63, 3.8) is 0 Å². The first-order valence-electron chi connectivity index (χ1n) is 11.2. The van der Waals surface area contributed by atoms with Gasteiger partial charge in [0.2, 0.25) is 0 Å². The standard InChI is InChI=1S/C22H39N7O2.HI/c1-22(2,3)31-21(30)29-17-8-9-18(29)11-16(10-17)26-20(23-4)24-13-19(27(5)6)15-12-25-28(7)14-15;/h12,14,16-19H,8-11,13H2,1-7H3,(H2,23,24,26);1H. The minimum atomic E-state index is -0.463. The van der Waals surface area contributed by atoms with Gasteiger partial charge in [0.15, 0.2) is 5.96 Å². The predicted octanol–water partition coefficient (Wildman–Crippen LogP) is 2.74. The smallest absolute Gasteiger partial charge is 0.410 e. The average Bonchev–Trinajstić information content (AvgIpc) is 3.20. The number of carbonyl (C=O) groups excluding carboxylic acids is 1. The summed E-state index contributed by atoms with van der Waals surface area (Å²) in [6.45, 7) is 6.48. The number of guanidine groups is 1. The molecule has 0 aromatic carbocycles. The molecule has 1 aromatic rings. The lowest BCUT2D eigenvalue weighted by atomic mass is 9.98. The lowest BCUT2D eigenvalue weighted by Gasteiger charge is -2.40. The summed E-state index contributed by atoms with van der Waals surface area (Å²) in [6.07, 6.45) is 7.69. The molecule has 182 valence electrons. The van der Waals surface area contributed by atoms with Crippen LogP contribution >= 0.6 is 24.0 Å². The Morgan fingerprint density at radius 1 is 1.31 bits per heavy atom.